The number of nitro groups is 1. The Bertz CT molecular complexity index is 1430. The first-order valence-corrected chi connectivity index (χ1v) is 11.0. The van der Waals surface area contributed by atoms with Gasteiger partial charge in [0.15, 0.2) is 6.61 Å². The lowest BCUT2D eigenvalue weighted by Crippen LogP contribution is -2.21. The predicted octanol–water partition coefficient (Wildman–Crippen LogP) is 3.92. The number of non-ortho nitro benzene ring substituents is 1. The van der Waals surface area contributed by atoms with E-state index in [1.165, 1.54) is 12.1 Å². The third-order valence-electron chi connectivity index (χ3n) is 5.57. The third kappa shape index (κ3) is 4.92. The normalized spacial score (nSPS) is 10.9. The van der Waals surface area contributed by atoms with E-state index in [0.717, 1.165) is 34.4 Å². The van der Waals surface area contributed by atoms with Crippen molar-refractivity contribution >= 4 is 50.7 Å². The van der Waals surface area contributed by atoms with E-state index in [4.69, 9.17) is 9.84 Å². The first kappa shape index (κ1) is 23.7. The van der Waals surface area contributed by atoms with Crippen molar-refractivity contribution in [2.75, 3.05) is 30.4 Å². The first-order valence-electron chi connectivity index (χ1n) is 11.0. The number of carbonyl (C=O) groups excluding carboxylic acids is 2. The number of aryl methyl sites for hydroxylation is 1. The molecule has 10 heteroatoms. The summed E-state index contributed by atoms with van der Waals surface area (Å²) in [6.07, 6.45) is 0. The summed E-state index contributed by atoms with van der Waals surface area (Å²) in [7, 11) is 0. The van der Waals surface area contributed by atoms with Crippen LogP contribution < -0.4 is 10.6 Å². The molecule has 0 atom stereocenters. The topological polar surface area (TPSA) is 136 Å². The van der Waals surface area contributed by atoms with E-state index < -0.39 is 23.4 Å². The Balaban J connectivity index is 1.48. The summed E-state index contributed by atoms with van der Waals surface area (Å²) >= 11 is 0. The number of carbonyl (C=O) groups is 2. The van der Waals surface area contributed by atoms with Gasteiger partial charge in [0.1, 0.15) is 0 Å². The van der Waals surface area contributed by atoms with E-state index in [2.05, 4.69) is 22.1 Å². The second kappa shape index (κ2) is 10.2. The minimum absolute atomic E-state index is 0.103. The summed E-state index contributed by atoms with van der Waals surface area (Å²) in [5.74, 6) is -1.45. The number of esters is 1. The average Bonchev–Trinajstić information content (AvgIpc) is 3.18. The summed E-state index contributed by atoms with van der Waals surface area (Å²) in [5, 5.41) is 27.7. The number of hydrogen-bond acceptors (Lipinski definition) is 7. The molecule has 0 saturated carbocycles. The Morgan fingerprint density at radius 3 is 2.57 bits per heavy atom. The van der Waals surface area contributed by atoms with Gasteiger partial charge in [-0.1, -0.05) is 18.2 Å². The van der Waals surface area contributed by atoms with Crippen LogP contribution in [0.2, 0.25) is 0 Å². The van der Waals surface area contributed by atoms with Crippen LogP contribution in [0, 0.1) is 10.1 Å². The van der Waals surface area contributed by atoms with Crippen LogP contribution in [0.4, 0.5) is 17.1 Å². The molecule has 3 N–H and O–H groups in total. The highest BCUT2D eigenvalue weighted by molar-refractivity contribution is 6.10. The lowest BCUT2D eigenvalue weighted by atomic mass is 10.1. The second-order valence-corrected chi connectivity index (χ2v) is 7.76. The summed E-state index contributed by atoms with van der Waals surface area (Å²) < 4.78 is 7.31. The average molecular weight is 476 g/mol. The number of aliphatic hydroxyl groups is 1. The number of fused-ring (bicyclic) bond motifs is 3. The minimum atomic E-state index is -0.897. The van der Waals surface area contributed by atoms with Crippen molar-refractivity contribution in [3.63, 3.8) is 0 Å². The first-order chi connectivity index (χ1) is 16.9. The van der Waals surface area contributed by atoms with Crippen molar-refractivity contribution in [2.24, 2.45) is 0 Å². The fourth-order valence-corrected chi connectivity index (χ4v) is 4.04. The molecule has 0 unspecified atom stereocenters. The molecule has 0 aliphatic rings. The standard InChI is InChI=1S/C25H24N4O6/c1-2-28-22-6-4-3-5-18(22)19-13-16(7-10-23(19)28)27-24(31)15-35-25(32)20-14-17(29(33)34)8-9-21(20)26-11-12-30/h3-10,13-14,26,30H,2,11-12,15H2,1H3,(H,27,31). The summed E-state index contributed by atoms with van der Waals surface area (Å²) in [6, 6.07) is 17.3. The van der Waals surface area contributed by atoms with Gasteiger partial charge < -0.3 is 25.0 Å². The SMILES string of the molecule is CCn1c2ccccc2c2cc(NC(=O)COC(=O)c3cc([N+](=O)[O-])ccc3NCCO)ccc21. The quantitative estimate of drug-likeness (QED) is 0.189. The highest BCUT2D eigenvalue weighted by Gasteiger charge is 2.19. The zero-order chi connectivity index (χ0) is 24.9. The number of benzene rings is 3. The van der Waals surface area contributed by atoms with E-state index in [-0.39, 0.29) is 30.1 Å². The van der Waals surface area contributed by atoms with Gasteiger partial charge >= 0.3 is 5.97 Å². The molecule has 0 radical (unpaired) electrons. The second-order valence-electron chi connectivity index (χ2n) is 7.76. The monoisotopic (exact) mass is 476 g/mol. The number of rotatable bonds is 9. The lowest BCUT2D eigenvalue weighted by Gasteiger charge is -2.11. The van der Waals surface area contributed by atoms with Gasteiger partial charge in [0.2, 0.25) is 0 Å². The number of anilines is 2. The molecule has 180 valence electrons. The van der Waals surface area contributed by atoms with Gasteiger partial charge in [0.25, 0.3) is 11.6 Å². The van der Waals surface area contributed by atoms with Crippen LogP contribution in [0.1, 0.15) is 17.3 Å². The van der Waals surface area contributed by atoms with Crippen molar-refractivity contribution < 1.29 is 24.4 Å². The number of hydrogen-bond donors (Lipinski definition) is 3. The molecule has 0 saturated heterocycles. The molecule has 4 aromatic rings. The van der Waals surface area contributed by atoms with Gasteiger partial charge in [0, 0.05) is 58.4 Å². The summed E-state index contributed by atoms with van der Waals surface area (Å²) in [4.78, 5) is 35.5. The molecular weight excluding hydrogens is 452 g/mol. The smallest absolute Gasteiger partial charge is 0.341 e. The number of nitrogens with zero attached hydrogens (tertiary/aromatic N) is 2. The lowest BCUT2D eigenvalue weighted by molar-refractivity contribution is -0.384. The van der Waals surface area contributed by atoms with Crippen LogP contribution in [0.5, 0.6) is 0 Å². The van der Waals surface area contributed by atoms with Gasteiger partial charge in [-0.3, -0.25) is 14.9 Å². The molecule has 0 aliphatic heterocycles. The Morgan fingerprint density at radius 1 is 1.06 bits per heavy atom. The van der Waals surface area contributed by atoms with Gasteiger partial charge in [-0.25, -0.2) is 4.79 Å². The maximum absolute atomic E-state index is 12.6. The molecule has 0 bridgehead atoms. The van der Waals surface area contributed by atoms with Crippen molar-refractivity contribution in [2.45, 2.75) is 13.5 Å². The molecule has 1 heterocycles. The number of nitrogens with one attached hydrogen (secondary N) is 2. The van der Waals surface area contributed by atoms with Crippen molar-refractivity contribution in [1.82, 2.24) is 4.57 Å². The highest BCUT2D eigenvalue weighted by atomic mass is 16.6. The third-order valence-corrected chi connectivity index (χ3v) is 5.57. The Labute approximate surface area is 200 Å². The Hall–Kier alpha value is -4.44. The van der Waals surface area contributed by atoms with Crippen LogP contribution in [0.25, 0.3) is 21.8 Å². The molecule has 0 spiro atoms. The molecule has 3 aromatic carbocycles. The molecule has 0 aliphatic carbocycles. The predicted molar refractivity (Wildman–Crippen MR) is 133 cm³/mol. The van der Waals surface area contributed by atoms with E-state index in [1.54, 1.807) is 6.07 Å². The van der Waals surface area contributed by atoms with Gasteiger partial charge in [-0.05, 0) is 37.3 Å². The largest absolute Gasteiger partial charge is 0.452 e. The fraction of sp³-hybridized carbons (Fsp3) is 0.200. The Morgan fingerprint density at radius 2 is 1.83 bits per heavy atom. The zero-order valence-corrected chi connectivity index (χ0v) is 19.0. The summed E-state index contributed by atoms with van der Waals surface area (Å²) in [6.45, 7) is 2.24. The number of para-hydroxylation sites is 1. The molecule has 35 heavy (non-hydrogen) atoms. The van der Waals surface area contributed by atoms with Crippen LogP contribution in [-0.4, -0.2) is 46.2 Å². The number of amides is 1. The highest BCUT2D eigenvalue weighted by Crippen LogP contribution is 2.31. The minimum Gasteiger partial charge on any atom is -0.452 e. The van der Waals surface area contributed by atoms with E-state index in [0.29, 0.717) is 5.69 Å². The van der Waals surface area contributed by atoms with Gasteiger partial charge in [0.05, 0.1) is 17.1 Å². The maximum Gasteiger partial charge on any atom is 0.341 e. The fourth-order valence-electron chi connectivity index (χ4n) is 4.04. The van der Waals surface area contributed by atoms with Crippen LogP contribution >= 0.6 is 0 Å². The van der Waals surface area contributed by atoms with Crippen LogP contribution in [0.15, 0.2) is 60.7 Å². The van der Waals surface area contributed by atoms with E-state index in [9.17, 15) is 19.7 Å². The molecule has 4 rings (SSSR count). The molecule has 10 nitrogen and oxygen atoms in total. The van der Waals surface area contributed by atoms with Gasteiger partial charge in [-0.15, -0.1) is 0 Å². The molecule has 1 amide bonds. The maximum atomic E-state index is 12.6. The molecular formula is C25H24N4O6. The zero-order valence-electron chi connectivity index (χ0n) is 19.0. The van der Waals surface area contributed by atoms with Crippen LogP contribution in [-0.2, 0) is 16.1 Å². The number of aliphatic hydroxyl groups excluding tert-OH is 1. The van der Waals surface area contributed by atoms with Crippen molar-refractivity contribution in [3.05, 3.63) is 76.3 Å². The van der Waals surface area contributed by atoms with Crippen molar-refractivity contribution in [3.8, 4) is 0 Å². The van der Waals surface area contributed by atoms with Crippen LogP contribution in [0.3, 0.4) is 0 Å². The number of ether oxygens (including phenoxy) is 1. The number of aromatic nitrogens is 1. The van der Waals surface area contributed by atoms with E-state index >= 15 is 0 Å². The molecule has 1 aromatic heterocycles. The molecule has 0 fully saturated rings. The Kier molecular flexibility index (Phi) is 6.93. The summed E-state index contributed by atoms with van der Waals surface area (Å²) in [5.41, 5.74) is 2.56. The van der Waals surface area contributed by atoms with E-state index in [1.807, 2.05) is 36.4 Å². The van der Waals surface area contributed by atoms with Gasteiger partial charge in [-0.2, -0.15) is 0 Å². The number of nitro benzene ring substituents is 1. The van der Waals surface area contributed by atoms with Crippen molar-refractivity contribution in [1.29, 1.82) is 0 Å².